The summed E-state index contributed by atoms with van der Waals surface area (Å²) in [7, 11) is 0. The molecule has 0 saturated carbocycles. The molecule has 1 aliphatic rings. The summed E-state index contributed by atoms with van der Waals surface area (Å²) in [6, 6.07) is 0.568. The maximum Gasteiger partial charge on any atom is 0.416 e. The Hall–Kier alpha value is -3.18. The lowest BCUT2D eigenvalue weighted by atomic mass is 9.85. The smallest absolute Gasteiger partial charge is 0.207 e. The van der Waals surface area contributed by atoms with E-state index in [4.69, 9.17) is 0 Å². The molecule has 0 fully saturated rings. The summed E-state index contributed by atoms with van der Waals surface area (Å²) >= 11 is 0. The zero-order chi connectivity index (χ0) is 23.9. The van der Waals surface area contributed by atoms with Crippen molar-refractivity contribution < 1.29 is 52.7 Å². The van der Waals surface area contributed by atoms with Gasteiger partial charge >= 0.3 is 6.18 Å². The maximum atomic E-state index is 14.6. The van der Waals surface area contributed by atoms with Gasteiger partial charge in [-0.2, -0.15) is 13.2 Å². The van der Waals surface area contributed by atoms with Crippen molar-refractivity contribution in [1.82, 2.24) is 0 Å². The summed E-state index contributed by atoms with van der Waals surface area (Å²) in [4.78, 5) is 0. The average Bonchev–Trinajstić information content (AvgIpc) is 3.08. The molecule has 0 saturated heterocycles. The van der Waals surface area contributed by atoms with Crippen molar-refractivity contribution in [2.24, 2.45) is 0 Å². The Bertz CT molecular complexity index is 1240. The van der Waals surface area contributed by atoms with Crippen LogP contribution in [-0.2, 0) is 6.18 Å². The molecule has 0 spiro atoms. The predicted octanol–water partition coefficient (Wildman–Crippen LogP) is 7.12. The Morgan fingerprint density at radius 3 is 1.34 bits per heavy atom. The molecule has 0 aliphatic heterocycles. The highest BCUT2D eigenvalue weighted by molar-refractivity contribution is 5.82. The van der Waals surface area contributed by atoms with Crippen molar-refractivity contribution in [1.29, 1.82) is 0 Å². The topological polar surface area (TPSA) is 0 Å². The first-order valence-corrected chi connectivity index (χ1v) is 8.37. The van der Waals surface area contributed by atoms with Crippen LogP contribution in [0.3, 0.4) is 0 Å². The van der Waals surface area contributed by atoms with E-state index in [9.17, 15) is 52.7 Å². The van der Waals surface area contributed by atoms with Gasteiger partial charge in [-0.05, 0) is 17.7 Å². The van der Waals surface area contributed by atoms with E-state index in [0.29, 0.717) is 12.1 Å². The lowest BCUT2D eigenvalue weighted by Crippen LogP contribution is -2.16. The molecule has 0 amide bonds. The summed E-state index contributed by atoms with van der Waals surface area (Å²) in [5, 5.41) is 0. The van der Waals surface area contributed by atoms with Gasteiger partial charge in [0.1, 0.15) is 5.82 Å². The predicted molar refractivity (Wildman–Crippen MR) is 83.9 cm³/mol. The zero-order valence-electron chi connectivity index (χ0n) is 14.8. The first-order chi connectivity index (χ1) is 14.8. The van der Waals surface area contributed by atoms with Crippen LogP contribution in [0.4, 0.5) is 52.7 Å². The highest BCUT2D eigenvalue weighted by atomic mass is 19.4. The molecule has 32 heavy (non-hydrogen) atoms. The Morgan fingerprint density at radius 2 is 0.938 bits per heavy atom. The van der Waals surface area contributed by atoms with Gasteiger partial charge in [-0.25, -0.2) is 39.5 Å². The molecule has 0 heterocycles. The lowest BCUT2D eigenvalue weighted by Gasteiger charge is -2.21. The van der Waals surface area contributed by atoms with E-state index in [1.165, 1.54) is 0 Å². The third-order valence-corrected chi connectivity index (χ3v) is 5.07. The van der Waals surface area contributed by atoms with E-state index in [0.717, 1.165) is 0 Å². The third-order valence-electron chi connectivity index (χ3n) is 5.07. The minimum atomic E-state index is -5.42. The standard InChI is InChI=1S/C20H4F12/c21-4-1-2-5(6(3-4)20(30,31)32)7-8-10(14(24)18(28)16(26)12(8)22)11-9(7)13(23)17(27)19(29)15(11)25/h1-3,7H. The molecule has 0 radical (unpaired) electrons. The van der Waals surface area contributed by atoms with Crippen LogP contribution >= 0.6 is 0 Å². The van der Waals surface area contributed by atoms with Gasteiger partial charge < -0.3 is 0 Å². The molecule has 0 N–H and O–H groups in total. The monoisotopic (exact) mass is 472 g/mol. The molecule has 3 aromatic carbocycles. The zero-order valence-corrected chi connectivity index (χ0v) is 14.8. The second kappa shape index (κ2) is 6.91. The average molecular weight is 472 g/mol. The van der Waals surface area contributed by atoms with Crippen LogP contribution in [0.5, 0.6) is 0 Å². The van der Waals surface area contributed by atoms with Crippen molar-refractivity contribution >= 4 is 0 Å². The van der Waals surface area contributed by atoms with Crippen LogP contribution in [0, 0.1) is 52.4 Å². The van der Waals surface area contributed by atoms with Gasteiger partial charge in [0.15, 0.2) is 46.5 Å². The summed E-state index contributed by atoms with van der Waals surface area (Å²) < 4.78 is 168. The largest absolute Gasteiger partial charge is 0.416 e. The molecule has 12 heteroatoms. The molecule has 3 aromatic rings. The van der Waals surface area contributed by atoms with Crippen molar-refractivity contribution in [3.8, 4) is 11.1 Å². The summed E-state index contributed by atoms with van der Waals surface area (Å²) in [6.45, 7) is 0. The molecular weight excluding hydrogens is 468 g/mol. The summed E-state index contributed by atoms with van der Waals surface area (Å²) in [5.41, 5.74) is -9.53. The number of rotatable bonds is 1. The van der Waals surface area contributed by atoms with Gasteiger partial charge in [-0.3, -0.25) is 0 Å². The number of hydrogen-bond donors (Lipinski definition) is 0. The van der Waals surface area contributed by atoms with Crippen LogP contribution in [0.25, 0.3) is 11.1 Å². The first kappa shape index (κ1) is 22.0. The highest BCUT2D eigenvalue weighted by Gasteiger charge is 2.47. The Balaban J connectivity index is 2.26. The fourth-order valence-electron chi connectivity index (χ4n) is 3.81. The Morgan fingerprint density at radius 1 is 0.531 bits per heavy atom. The van der Waals surface area contributed by atoms with Gasteiger partial charge in [0, 0.05) is 28.2 Å². The summed E-state index contributed by atoms with van der Waals surface area (Å²) in [5.74, 6) is -23.7. The van der Waals surface area contributed by atoms with Crippen LogP contribution < -0.4 is 0 Å². The number of halogens is 12. The quantitative estimate of drug-likeness (QED) is 0.157. The van der Waals surface area contributed by atoms with Crippen molar-refractivity contribution in [3.63, 3.8) is 0 Å². The van der Waals surface area contributed by atoms with E-state index < -0.39 is 97.8 Å². The minimum Gasteiger partial charge on any atom is -0.207 e. The Kier molecular flexibility index (Phi) is 4.76. The molecule has 0 bridgehead atoms. The second-order valence-electron chi connectivity index (χ2n) is 6.75. The van der Waals surface area contributed by atoms with Crippen LogP contribution in [-0.4, -0.2) is 0 Å². The number of benzene rings is 3. The molecule has 0 unspecified atom stereocenters. The first-order valence-electron chi connectivity index (χ1n) is 8.37. The second-order valence-corrected chi connectivity index (χ2v) is 6.75. The van der Waals surface area contributed by atoms with E-state index in [-0.39, 0.29) is 6.07 Å². The van der Waals surface area contributed by atoms with Gasteiger partial charge in [0.25, 0.3) is 0 Å². The maximum absolute atomic E-state index is 14.6. The van der Waals surface area contributed by atoms with Crippen LogP contribution in [0.2, 0.25) is 0 Å². The van der Waals surface area contributed by atoms with Gasteiger partial charge in [0.05, 0.1) is 5.56 Å². The molecule has 0 atom stereocenters. The van der Waals surface area contributed by atoms with E-state index in [2.05, 4.69) is 0 Å². The SMILES string of the molecule is Fc1ccc(C2c3c(F)c(F)c(F)c(F)c3-c3c(F)c(F)c(F)c(F)c32)c(C(F)(F)F)c1. The number of hydrogen-bond acceptors (Lipinski definition) is 0. The lowest BCUT2D eigenvalue weighted by molar-refractivity contribution is -0.138. The molecule has 168 valence electrons. The fraction of sp³-hybridized carbons (Fsp3) is 0.100. The van der Waals surface area contributed by atoms with Gasteiger partial charge in [-0.1, -0.05) is 6.07 Å². The van der Waals surface area contributed by atoms with Crippen LogP contribution in [0.15, 0.2) is 18.2 Å². The Labute approximate surface area is 169 Å². The number of alkyl halides is 3. The van der Waals surface area contributed by atoms with Crippen LogP contribution in [0.1, 0.15) is 28.2 Å². The molecule has 4 rings (SSSR count). The molecule has 1 aliphatic carbocycles. The summed E-state index contributed by atoms with van der Waals surface area (Å²) in [6.07, 6.45) is -5.42. The van der Waals surface area contributed by atoms with Crippen molar-refractivity contribution in [2.45, 2.75) is 12.1 Å². The highest BCUT2D eigenvalue weighted by Crippen LogP contribution is 2.55. The van der Waals surface area contributed by atoms with Crippen molar-refractivity contribution in [2.75, 3.05) is 0 Å². The van der Waals surface area contributed by atoms with E-state index in [1.54, 1.807) is 0 Å². The molecule has 0 aromatic heterocycles. The molecule has 0 nitrogen and oxygen atoms in total. The van der Waals surface area contributed by atoms with E-state index in [1.807, 2.05) is 0 Å². The van der Waals surface area contributed by atoms with Gasteiger partial charge in [-0.15, -0.1) is 0 Å². The normalized spacial score (nSPS) is 13.5. The fourth-order valence-corrected chi connectivity index (χ4v) is 3.81. The minimum absolute atomic E-state index is 0.130. The van der Waals surface area contributed by atoms with Crippen molar-refractivity contribution in [3.05, 3.63) is 92.8 Å². The van der Waals surface area contributed by atoms with Gasteiger partial charge in [0.2, 0.25) is 0 Å². The molecular formula is C20H4F12. The van der Waals surface area contributed by atoms with E-state index >= 15 is 0 Å². The third kappa shape index (κ3) is 2.81. The number of fused-ring (bicyclic) bond motifs is 3.